The van der Waals surface area contributed by atoms with Crippen molar-refractivity contribution in [1.82, 2.24) is 0 Å². The Bertz CT molecular complexity index is 408. The lowest BCUT2D eigenvalue weighted by molar-refractivity contribution is 1.42. The average Bonchev–Trinajstić information content (AvgIpc) is 2.43. The first kappa shape index (κ1) is 12.5. The molecule has 0 aliphatic heterocycles. The van der Waals surface area contributed by atoms with E-state index >= 15 is 0 Å². The Morgan fingerprint density at radius 2 is 1.29 bits per heavy atom. The van der Waals surface area contributed by atoms with E-state index in [1.807, 2.05) is 0 Å². The lowest BCUT2D eigenvalue weighted by atomic mass is 10.4. The van der Waals surface area contributed by atoms with Crippen molar-refractivity contribution in [1.29, 1.82) is 0 Å². The highest BCUT2D eigenvalue weighted by molar-refractivity contribution is 7.49. The summed E-state index contributed by atoms with van der Waals surface area (Å²) in [5, 5.41) is 3.32. The van der Waals surface area contributed by atoms with Crippen LogP contribution in [0.4, 0.5) is 0 Å². The van der Waals surface area contributed by atoms with Gasteiger partial charge in [-0.15, -0.1) is 0 Å². The van der Waals surface area contributed by atoms with Crippen molar-refractivity contribution in [3.05, 3.63) is 60.7 Å². The van der Waals surface area contributed by atoms with Crippen LogP contribution in [0.15, 0.2) is 60.7 Å². The van der Waals surface area contributed by atoms with Crippen LogP contribution in [0.2, 0.25) is 6.04 Å². The third-order valence-corrected chi connectivity index (χ3v) is 27.6. The van der Waals surface area contributed by atoms with Gasteiger partial charge in [-0.05, 0) is 9.76 Å². The van der Waals surface area contributed by atoms with Gasteiger partial charge in [0.25, 0.3) is 0 Å². The van der Waals surface area contributed by atoms with Gasteiger partial charge < -0.3 is 0 Å². The van der Waals surface area contributed by atoms with E-state index in [-0.39, 0.29) is 8.55 Å². The van der Waals surface area contributed by atoms with Crippen molar-refractivity contribution < 1.29 is 0 Å². The fraction of sp³-hybridized carbons (Fsp3) is 0.143. The molecule has 2 aromatic rings. The predicted octanol–water partition coefficient (Wildman–Crippen LogP) is 0.215. The Labute approximate surface area is 110 Å². The Hall–Kier alpha value is -0.909. The third-order valence-electron chi connectivity index (χ3n) is 3.86. The summed E-state index contributed by atoms with van der Waals surface area (Å²) in [7, 11) is 0.233. The number of rotatable bonds is 4. The van der Waals surface area contributed by atoms with Crippen LogP contribution in [0.3, 0.4) is 0 Å². The van der Waals surface area contributed by atoms with Gasteiger partial charge in [-0.2, -0.15) is 0 Å². The summed E-state index contributed by atoms with van der Waals surface area (Å²) in [6, 6.07) is 24.0. The van der Waals surface area contributed by atoms with Gasteiger partial charge in [0, 0.05) is 8.55 Å². The van der Waals surface area contributed by atoms with Crippen LogP contribution in [0.25, 0.3) is 0 Å². The van der Waals surface area contributed by atoms with Crippen molar-refractivity contribution in [3.63, 3.8) is 0 Å². The standard InChI is InChI=1S/C14H20Si3/c1-2-17(16-15,13-9-5-3-6-10-13)14-11-7-4-8-12-14/h3-12H,2,16H2,1,15H3. The number of hydrogen-bond donors (Lipinski definition) is 0. The van der Waals surface area contributed by atoms with Gasteiger partial charge in [-0.1, -0.05) is 84.0 Å². The summed E-state index contributed by atoms with van der Waals surface area (Å²) in [6.45, 7) is 2.40. The molecule has 0 N–H and O–H groups in total. The monoisotopic (exact) mass is 272 g/mol. The maximum Gasteiger partial charge on any atom is 0.0998 e. The minimum atomic E-state index is -1.30. The Morgan fingerprint density at radius 3 is 1.59 bits per heavy atom. The van der Waals surface area contributed by atoms with Gasteiger partial charge in [0.05, 0.1) is 7.59 Å². The van der Waals surface area contributed by atoms with Crippen LogP contribution >= 0.6 is 0 Å². The van der Waals surface area contributed by atoms with Crippen LogP contribution in [-0.2, 0) is 0 Å². The summed E-state index contributed by atoms with van der Waals surface area (Å²) < 4.78 is 0. The minimum absolute atomic E-state index is 0.102. The molecule has 0 amide bonds. The molecule has 0 radical (unpaired) electrons. The molecule has 0 aliphatic rings. The third kappa shape index (κ3) is 2.36. The molecule has 88 valence electrons. The predicted molar refractivity (Wildman–Crippen MR) is 86.9 cm³/mol. The molecule has 0 fully saturated rings. The van der Waals surface area contributed by atoms with Crippen molar-refractivity contribution >= 4 is 36.3 Å². The molecule has 0 nitrogen and oxygen atoms in total. The van der Waals surface area contributed by atoms with Gasteiger partial charge >= 0.3 is 0 Å². The Morgan fingerprint density at radius 1 is 0.882 bits per heavy atom. The van der Waals surface area contributed by atoms with Gasteiger partial charge in [0.15, 0.2) is 0 Å². The highest BCUT2D eigenvalue weighted by atomic mass is 29.5. The molecule has 0 atom stereocenters. The summed E-state index contributed by atoms with van der Waals surface area (Å²) in [4.78, 5) is 0. The molecule has 0 bridgehead atoms. The lowest BCUT2D eigenvalue weighted by Gasteiger charge is -2.30. The van der Waals surface area contributed by atoms with E-state index in [2.05, 4.69) is 67.6 Å². The lowest BCUT2D eigenvalue weighted by Crippen LogP contribution is -2.63. The Kier molecular flexibility index (Phi) is 4.15. The maximum absolute atomic E-state index is 2.40. The molecule has 0 heterocycles. The number of benzene rings is 2. The van der Waals surface area contributed by atoms with Crippen molar-refractivity contribution in [2.75, 3.05) is 0 Å². The zero-order chi connectivity index (χ0) is 12.1. The van der Waals surface area contributed by atoms with Crippen molar-refractivity contribution in [2.45, 2.75) is 13.0 Å². The highest BCUT2D eigenvalue weighted by Gasteiger charge is 2.32. The first-order valence-corrected chi connectivity index (χ1v) is 16.6. The van der Waals surface area contributed by atoms with E-state index in [0.29, 0.717) is 0 Å². The average molecular weight is 273 g/mol. The molecule has 2 rings (SSSR count). The van der Waals surface area contributed by atoms with E-state index in [0.717, 1.165) is 0 Å². The van der Waals surface area contributed by atoms with E-state index in [1.165, 1.54) is 15.8 Å². The highest BCUT2D eigenvalue weighted by Crippen LogP contribution is 2.08. The second-order valence-corrected chi connectivity index (χ2v) is 21.4. The molecule has 0 saturated carbocycles. The van der Waals surface area contributed by atoms with Gasteiger partial charge in [0.2, 0.25) is 0 Å². The van der Waals surface area contributed by atoms with E-state index < -0.39 is 7.59 Å². The second kappa shape index (κ2) is 5.62. The van der Waals surface area contributed by atoms with E-state index in [4.69, 9.17) is 0 Å². The van der Waals surface area contributed by atoms with Crippen molar-refractivity contribution in [2.24, 2.45) is 0 Å². The van der Waals surface area contributed by atoms with Crippen LogP contribution in [-0.4, -0.2) is 25.9 Å². The van der Waals surface area contributed by atoms with Gasteiger partial charge in [0.1, 0.15) is 0 Å². The topological polar surface area (TPSA) is 0 Å². The fourth-order valence-electron chi connectivity index (χ4n) is 2.75. The molecule has 0 aliphatic carbocycles. The van der Waals surface area contributed by atoms with Crippen LogP contribution < -0.4 is 10.4 Å². The smallest absolute Gasteiger partial charge is 0.0674 e. The Balaban J connectivity index is 2.54. The molecule has 0 unspecified atom stereocenters. The molecule has 0 saturated heterocycles. The molecule has 0 aromatic heterocycles. The molecule has 0 spiro atoms. The normalized spacial score (nSPS) is 12.3. The molecular weight excluding hydrogens is 252 g/mol. The largest absolute Gasteiger partial charge is 0.0998 e. The quantitative estimate of drug-likeness (QED) is 0.699. The van der Waals surface area contributed by atoms with E-state index in [1.54, 1.807) is 10.4 Å². The first-order chi connectivity index (χ1) is 8.33. The SMILES string of the molecule is CC[Si]([SiH2][SiH3])(c1ccccc1)c1ccccc1. The van der Waals surface area contributed by atoms with Crippen molar-refractivity contribution in [3.8, 4) is 0 Å². The van der Waals surface area contributed by atoms with Crippen LogP contribution in [0.1, 0.15) is 6.92 Å². The second-order valence-electron chi connectivity index (χ2n) is 4.52. The molecule has 17 heavy (non-hydrogen) atoms. The number of hydrogen-bond acceptors (Lipinski definition) is 0. The molecular formula is C14H20Si3. The van der Waals surface area contributed by atoms with Crippen LogP contribution in [0.5, 0.6) is 0 Å². The summed E-state index contributed by atoms with van der Waals surface area (Å²) in [5.74, 6) is 0. The van der Waals surface area contributed by atoms with Crippen LogP contribution in [0, 0.1) is 0 Å². The summed E-state index contributed by atoms with van der Waals surface area (Å²) >= 11 is 0. The maximum atomic E-state index is 2.40. The van der Waals surface area contributed by atoms with Gasteiger partial charge in [-0.25, -0.2) is 0 Å². The first-order valence-electron chi connectivity index (χ1n) is 6.44. The van der Waals surface area contributed by atoms with E-state index in [9.17, 15) is 0 Å². The summed E-state index contributed by atoms with van der Waals surface area (Å²) in [5.41, 5.74) is 0. The molecule has 3 heteroatoms. The molecule has 2 aromatic carbocycles. The summed E-state index contributed by atoms with van der Waals surface area (Å²) in [6.07, 6.45) is 0. The zero-order valence-electron chi connectivity index (χ0n) is 10.7. The zero-order valence-corrected chi connectivity index (χ0v) is 15.1. The fourth-order valence-corrected chi connectivity index (χ4v) is 24.1. The minimum Gasteiger partial charge on any atom is -0.0674 e. The van der Waals surface area contributed by atoms with Gasteiger partial charge in [-0.3, -0.25) is 0 Å².